The van der Waals surface area contributed by atoms with Gasteiger partial charge in [0, 0.05) is 18.9 Å². The van der Waals surface area contributed by atoms with E-state index >= 15 is 0 Å². The molecule has 1 amide bonds. The Bertz CT molecular complexity index is 819. The standard InChI is InChI=1S/C22H24N2O/c1-17-9-11-19(12-10-17)16-23-22(25)15-21(24-13-5-6-14-24)20-8-4-3-7-18(20)2/h3-14,21H,15-16H2,1-2H3,(H,23,25)/t21-/m1/s1. The van der Waals surface area contributed by atoms with Crippen LogP contribution in [0.15, 0.2) is 73.1 Å². The van der Waals surface area contributed by atoms with Crippen LogP contribution in [0.3, 0.4) is 0 Å². The molecule has 2 aromatic carbocycles. The molecular formula is C22H24N2O. The summed E-state index contributed by atoms with van der Waals surface area (Å²) in [5.41, 5.74) is 4.73. The Hall–Kier alpha value is -2.81. The van der Waals surface area contributed by atoms with Gasteiger partial charge >= 0.3 is 0 Å². The Morgan fingerprint density at radius 2 is 1.64 bits per heavy atom. The van der Waals surface area contributed by atoms with Crippen molar-refractivity contribution in [2.75, 3.05) is 0 Å². The Morgan fingerprint density at radius 3 is 2.32 bits per heavy atom. The van der Waals surface area contributed by atoms with Gasteiger partial charge in [0.25, 0.3) is 0 Å². The highest BCUT2D eigenvalue weighted by Gasteiger charge is 2.18. The Kier molecular flexibility index (Phi) is 5.34. The molecule has 1 heterocycles. The lowest BCUT2D eigenvalue weighted by atomic mass is 9.98. The van der Waals surface area contributed by atoms with Crippen LogP contribution in [0, 0.1) is 13.8 Å². The molecule has 0 bridgehead atoms. The highest BCUT2D eigenvalue weighted by Crippen LogP contribution is 2.25. The number of aryl methyl sites for hydroxylation is 2. The smallest absolute Gasteiger partial charge is 0.222 e. The third-order valence-electron chi connectivity index (χ3n) is 4.52. The topological polar surface area (TPSA) is 34.0 Å². The van der Waals surface area contributed by atoms with Crippen molar-refractivity contribution in [3.8, 4) is 0 Å². The molecule has 0 radical (unpaired) electrons. The quantitative estimate of drug-likeness (QED) is 0.713. The number of carbonyl (C=O) groups is 1. The molecule has 0 aliphatic rings. The fourth-order valence-corrected chi connectivity index (χ4v) is 3.05. The number of nitrogens with one attached hydrogen (secondary N) is 1. The highest BCUT2D eigenvalue weighted by molar-refractivity contribution is 5.77. The van der Waals surface area contributed by atoms with Gasteiger partial charge < -0.3 is 9.88 Å². The van der Waals surface area contributed by atoms with Crippen molar-refractivity contribution in [2.45, 2.75) is 32.9 Å². The summed E-state index contributed by atoms with van der Waals surface area (Å²) in [6.07, 6.45) is 4.46. The van der Waals surface area contributed by atoms with Crippen molar-refractivity contribution in [2.24, 2.45) is 0 Å². The van der Waals surface area contributed by atoms with E-state index in [9.17, 15) is 4.79 Å². The number of amides is 1. The van der Waals surface area contributed by atoms with E-state index in [-0.39, 0.29) is 11.9 Å². The number of carbonyl (C=O) groups excluding carboxylic acids is 1. The highest BCUT2D eigenvalue weighted by atomic mass is 16.1. The molecule has 0 aliphatic carbocycles. The first-order chi connectivity index (χ1) is 12.1. The molecule has 0 spiro atoms. The van der Waals surface area contributed by atoms with Gasteiger partial charge in [-0.15, -0.1) is 0 Å². The lowest BCUT2D eigenvalue weighted by Gasteiger charge is -2.21. The SMILES string of the molecule is Cc1ccc(CNC(=O)C[C@H](c2ccccc2C)n2cccc2)cc1. The molecular weight excluding hydrogens is 308 g/mol. The molecule has 3 nitrogen and oxygen atoms in total. The molecule has 128 valence electrons. The fraction of sp³-hybridized carbons (Fsp3) is 0.227. The van der Waals surface area contributed by atoms with Gasteiger partial charge in [0.15, 0.2) is 0 Å². The number of hydrogen-bond acceptors (Lipinski definition) is 1. The van der Waals surface area contributed by atoms with Gasteiger partial charge in [-0.25, -0.2) is 0 Å². The summed E-state index contributed by atoms with van der Waals surface area (Å²) in [5, 5.41) is 3.05. The minimum atomic E-state index is 0.00854. The van der Waals surface area contributed by atoms with Crippen molar-refractivity contribution >= 4 is 5.91 Å². The van der Waals surface area contributed by atoms with Crippen LogP contribution in [0.4, 0.5) is 0 Å². The predicted molar refractivity (Wildman–Crippen MR) is 101 cm³/mol. The molecule has 0 aliphatic heterocycles. The lowest BCUT2D eigenvalue weighted by Crippen LogP contribution is -2.26. The number of benzene rings is 2. The second-order valence-corrected chi connectivity index (χ2v) is 6.47. The van der Waals surface area contributed by atoms with E-state index in [4.69, 9.17) is 0 Å². The summed E-state index contributed by atoms with van der Waals surface area (Å²) in [6.45, 7) is 4.72. The van der Waals surface area contributed by atoms with Crippen molar-refractivity contribution in [1.82, 2.24) is 9.88 Å². The molecule has 3 aromatic rings. The molecule has 3 heteroatoms. The monoisotopic (exact) mass is 332 g/mol. The summed E-state index contributed by atoms with van der Waals surface area (Å²) in [6, 6.07) is 20.5. The molecule has 1 N–H and O–H groups in total. The number of rotatable bonds is 6. The summed E-state index contributed by atoms with van der Waals surface area (Å²) in [5.74, 6) is 0.0579. The van der Waals surface area contributed by atoms with Crippen molar-refractivity contribution in [3.05, 3.63) is 95.3 Å². The molecule has 3 rings (SSSR count). The van der Waals surface area contributed by atoms with E-state index < -0.39 is 0 Å². The van der Waals surface area contributed by atoms with Crippen LogP contribution in [-0.4, -0.2) is 10.5 Å². The van der Waals surface area contributed by atoms with Crippen molar-refractivity contribution in [3.63, 3.8) is 0 Å². The van der Waals surface area contributed by atoms with E-state index in [2.05, 4.69) is 60.1 Å². The largest absolute Gasteiger partial charge is 0.352 e. The molecule has 0 fully saturated rings. The van der Waals surface area contributed by atoms with E-state index in [1.54, 1.807) is 0 Å². The van der Waals surface area contributed by atoms with E-state index in [1.165, 1.54) is 16.7 Å². The second-order valence-electron chi connectivity index (χ2n) is 6.47. The predicted octanol–water partition coefficient (Wildman–Crippen LogP) is 4.40. The first-order valence-corrected chi connectivity index (χ1v) is 8.64. The number of nitrogens with zero attached hydrogens (tertiary/aromatic N) is 1. The maximum atomic E-state index is 12.5. The summed E-state index contributed by atoms with van der Waals surface area (Å²) >= 11 is 0. The van der Waals surface area contributed by atoms with Gasteiger partial charge in [0.2, 0.25) is 5.91 Å². The van der Waals surface area contributed by atoms with Gasteiger partial charge in [-0.05, 0) is 42.7 Å². The maximum absolute atomic E-state index is 12.5. The number of hydrogen-bond donors (Lipinski definition) is 1. The van der Waals surface area contributed by atoms with Gasteiger partial charge in [0.05, 0.1) is 12.5 Å². The van der Waals surface area contributed by atoms with Crippen LogP contribution in [0.5, 0.6) is 0 Å². The lowest BCUT2D eigenvalue weighted by molar-refractivity contribution is -0.121. The fourth-order valence-electron chi connectivity index (χ4n) is 3.05. The molecule has 0 unspecified atom stereocenters. The van der Waals surface area contributed by atoms with Gasteiger partial charge in [-0.1, -0.05) is 54.1 Å². The van der Waals surface area contributed by atoms with Crippen molar-refractivity contribution < 1.29 is 4.79 Å². The van der Waals surface area contributed by atoms with Gasteiger partial charge in [0.1, 0.15) is 0 Å². The zero-order chi connectivity index (χ0) is 17.6. The minimum absolute atomic E-state index is 0.00854. The summed E-state index contributed by atoms with van der Waals surface area (Å²) < 4.78 is 2.10. The van der Waals surface area contributed by atoms with Crippen LogP contribution in [0.1, 0.15) is 34.7 Å². The molecule has 0 saturated heterocycles. The van der Waals surface area contributed by atoms with E-state index in [1.807, 2.05) is 36.7 Å². The van der Waals surface area contributed by atoms with Crippen LogP contribution < -0.4 is 5.32 Å². The van der Waals surface area contributed by atoms with Gasteiger partial charge in [-0.3, -0.25) is 4.79 Å². The Balaban J connectivity index is 1.71. The summed E-state index contributed by atoms with van der Waals surface area (Å²) in [4.78, 5) is 12.5. The molecule has 25 heavy (non-hydrogen) atoms. The third-order valence-corrected chi connectivity index (χ3v) is 4.52. The average molecular weight is 332 g/mol. The molecule has 1 atom stereocenters. The zero-order valence-corrected chi connectivity index (χ0v) is 14.8. The number of aromatic nitrogens is 1. The van der Waals surface area contributed by atoms with Crippen LogP contribution in [0.25, 0.3) is 0 Å². The Labute approximate surface area is 149 Å². The normalized spacial score (nSPS) is 11.9. The Morgan fingerprint density at radius 1 is 0.960 bits per heavy atom. The summed E-state index contributed by atoms with van der Waals surface area (Å²) in [7, 11) is 0. The van der Waals surface area contributed by atoms with Crippen LogP contribution >= 0.6 is 0 Å². The zero-order valence-electron chi connectivity index (χ0n) is 14.8. The average Bonchev–Trinajstić information content (AvgIpc) is 3.14. The maximum Gasteiger partial charge on any atom is 0.222 e. The van der Waals surface area contributed by atoms with Crippen molar-refractivity contribution in [1.29, 1.82) is 0 Å². The van der Waals surface area contributed by atoms with Gasteiger partial charge in [-0.2, -0.15) is 0 Å². The minimum Gasteiger partial charge on any atom is -0.352 e. The van der Waals surface area contributed by atoms with Crippen LogP contribution in [-0.2, 0) is 11.3 Å². The molecule has 1 aromatic heterocycles. The van der Waals surface area contributed by atoms with Crippen LogP contribution in [0.2, 0.25) is 0 Å². The second kappa shape index (κ2) is 7.84. The van der Waals surface area contributed by atoms with E-state index in [0.717, 1.165) is 5.56 Å². The molecule has 0 saturated carbocycles. The third kappa shape index (κ3) is 4.38. The van der Waals surface area contributed by atoms with E-state index in [0.29, 0.717) is 13.0 Å². The first-order valence-electron chi connectivity index (χ1n) is 8.64. The first kappa shape index (κ1) is 17.0.